The molecule has 3 aliphatic carbocycles. The molecule has 0 bridgehead atoms. The molecule has 2 aromatic carbocycles. The topological polar surface area (TPSA) is 247 Å². The summed E-state index contributed by atoms with van der Waals surface area (Å²) in [5, 5.41) is 50.1. The molecule has 2 heterocycles. The number of hydrogen-bond acceptors (Lipinski definition) is 17. The van der Waals surface area contributed by atoms with Gasteiger partial charge in [-0.3, -0.25) is 24.2 Å². The number of fused-ring (bicyclic) bond motifs is 5. The molecule has 17 heteroatoms. The summed E-state index contributed by atoms with van der Waals surface area (Å²) in [5.74, 6) is -6.83. The van der Waals surface area contributed by atoms with E-state index >= 15 is 4.79 Å². The Kier molecular flexibility index (Phi) is 10.1. The predicted molar refractivity (Wildman–Crippen MR) is 193 cm³/mol. The van der Waals surface area contributed by atoms with Crippen LogP contribution in [0.2, 0.25) is 0 Å². The summed E-state index contributed by atoms with van der Waals surface area (Å²) in [6.45, 7) is 2.94. The number of Topliss-reactive ketones (excluding diaryl/α,β-unsaturated/α-hetero) is 3. The number of carbonyl (C=O) groups excluding carboxylic acids is 5. The van der Waals surface area contributed by atoms with Gasteiger partial charge in [-0.2, -0.15) is 0 Å². The minimum absolute atomic E-state index is 0.115. The van der Waals surface area contributed by atoms with Crippen LogP contribution in [0.15, 0.2) is 48.4 Å². The minimum atomic E-state index is -3.18. The smallest absolute Gasteiger partial charge is 0.341 e. The van der Waals surface area contributed by atoms with Crippen molar-refractivity contribution in [2.75, 3.05) is 28.4 Å². The fraction of sp³-hybridized carbons (Fsp3) is 0.400. The number of phenolic OH excluding ortho intramolecular Hbond substituents is 1. The number of methoxy groups -OCH3 is 4. The summed E-state index contributed by atoms with van der Waals surface area (Å²) >= 11 is 0. The van der Waals surface area contributed by atoms with Crippen LogP contribution in [0.1, 0.15) is 81.0 Å². The first-order valence-electron chi connectivity index (χ1n) is 17.8. The van der Waals surface area contributed by atoms with Crippen molar-refractivity contribution in [2.45, 2.75) is 74.8 Å². The number of esters is 1. The molecule has 1 saturated heterocycles. The third kappa shape index (κ3) is 5.64. The summed E-state index contributed by atoms with van der Waals surface area (Å²) in [6, 6.07) is 5.65. The van der Waals surface area contributed by atoms with Crippen LogP contribution in [-0.4, -0.2) is 125 Å². The van der Waals surface area contributed by atoms with Crippen molar-refractivity contribution >= 4 is 29.1 Å². The number of benzene rings is 2. The molecule has 300 valence electrons. The van der Waals surface area contributed by atoms with Gasteiger partial charge in [-0.1, -0.05) is 12.1 Å². The van der Waals surface area contributed by atoms with E-state index in [9.17, 15) is 39.6 Å². The highest BCUT2D eigenvalue weighted by atomic mass is 16.6. The Balaban J connectivity index is 1.39. The van der Waals surface area contributed by atoms with Gasteiger partial charge in [0, 0.05) is 68.5 Å². The number of aromatic hydroxyl groups is 1. The average molecular weight is 789 g/mol. The maximum atomic E-state index is 15.1. The molecule has 1 aromatic heterocycles. The molecule has 57 heavy (non-hydrogen) atoms. The number of phenols is 1. The number of allylic oxidation sites excluding steroid dienone is 2. The molecule has 3 aromatic rings. The lowest BCUT2D eigenvalue weighted by Gasteiger charge is -2.53. The standard InChI is InChI=1S/C40H40N2O15/c1-16-10-19-11-24(44)40(55-6)36(49)27-21(35(48)39(40,51)28(19)33(25(16)38(50)54-5)56-15-18-8-7-9-41-14-18)12-20-26(30(27)46)23(43)13-22(29(20)45)42-37-34(53-4)31(47)32(52-3)17(2)57-37/h7-10,12-14,17,24,31-32,34,37,42,44,46-47,51H,11,15H2,1-6H3/t17-,24+,31+,32-,34+,37-,39-,40+/m0/s1. The monoisotopic (exact) mass is 788 g/mol. The molecule has 1 fully saturated rings. The van der Waals surface area contributed by atoms with Gasteiger partial charge in [0.2, 0.25) is 17.3 Å². The second kappa shape index (κ2) is 14.5. The van der Waals surface area contributed by atoms with E-state index in [0.717, 1.165) is 26.4 Å². The Hall–Kier alpha value is -5.40. The molecular formula is C40H40N2O15. The Morgan fingerprint density at radius 1 is 1.02 bits per heavy atom. The number of nitrogens with one attached hydrogen (secondary N) is 1. The van der Waals surface area contributed by atoms with Gasteiger partial charge in [-0.05, 0) is 37.1 Å². The lowest BCUT2D eigenvalue weighted by Crippen LogP contribution is -2.73. The average Bonchev–Trinajstić information content (AvgIpc) is 3.18. The van der Waals surface area contributed by atoms with E-state index in [0.29, 0.717) is 5.56 Å². The number of carbonyl (C=O) groups is 5. The van der Waals surface area contributed by atoms with Crippen molar-refractivity contribution in [2.24, 2.45) is 0 Å². The summed E-state index contributed by atoms with van der Waals surface area (Å²) < 4.78 is 33.6. The maximum Gasteiger partial charge on any atom is 0.341 e. The molecule has 4 aliphatic rings. The lowest BCUT2D eigenvalue weighted by molar-refractivity contribution is -0.236. The molecule has 17 nitrogen and oxygen atoms in total. The second-order valence-electron chi connectivity index (χ2n) is 14.2. The zero-order valence-electron chi connectivity index (χ0n) is 31.6. The first-order chi connectivity index (χ1) is 27.1. The third-order valence-corrected chi connectivity index (χ3v) is 11.2. The zero-order valence-corrected chi connectivity index (χ0v) is 31.6. The number of rotatable bonds is 9. The second-order valence-corrected chi connectivity index (χ2v) is 14.2. The SMILES string of the molecule is COC(=O)c1c(C)cc2c(c1OCc1cccnc1)[C@]1(O)C(=O)c3cc4c(c(O)c3C(=O)[C@]1(OC)[C@H](O)C2)C(=O)C=C(N[C@H]1O[C@@H](C)[C@H](OC)[C@@H](O)[C@H]1OC)C4=O. The highest BCUT2D eigenvalue weighted by molar-refractivity contribution is 6.31. The van der Waals surface area contributed by atoms with Crippen molar-refractivity contribution in [3.63, 3.8) is 0 Å². The van der Waals surface area contributed by atoms with Crippen LogP contribution in [0, 0.1) is 6.92 Å². The van der Waals surface area contributed by atoms with Crippen LogP contribution in [0.4, 0.5) is 0 Å². The molecule has 8 atom stereocenters. The number of nitrogens with zero attached hydrogens (tertiary/aromatic N) is 1. The number of pyridine rings is 1. The van der Waals surface area contributed by atoms with Crippen molar-refractivity contribution in [1.29, 1.82) is 0 Å². The summed E-state index contributed by atoms with van der Waals surface area (Å²) in [5.41, 5.74) is -8.70. The first-order valence-corrected chi connectivity index (χ1v) is 17.8. The van der Waals surface area contributed by atoms with Gasteiger partial charge in [0.1, 0.15) is 42.0 Å². The molecule has 1 aliphatic heterocycles. The van der Waals surface area contributed by atoms with Gasteiger partial charge in [0.25, 0.3) is 0 Å². The van der Waals surface area contributed by atoms with E-state index in [2.05, 4.69) is 10.3 Å². The number of ketones is 4. The number of hydrogen-bond donors (Lipinski definition) is 5. The maximum absolute atomic E-state index is 15.1. The van der Waals surface area contributed by atoms with E-state index in [-0.39, 0.29) is 34.7 Å². The lowest BCUT2D eigenvalue weighted by atomic mass is 9.56. The first kappa shape index (κ1) is 39.8. The van der Waals surface area contributed by atoms with E-state index < -0.39 is 117 Å². The third-order valence-electron chi connectivity index (χ3n) is 11.2. The van der Waals surface area contributed by atoms with Gasteiger partial charge < -0.3 is 54.2 Å². The Labute approximate surface area is 325 Å². The van der Waals surface area contributed by atoms with E-state index in [1.165, 1.54) is 32.7 Å². The Morgan fingerprint density at radius 2 is 1.74 bits per heavy atom. The van der Waals surface area contributed by atoms with E-state index in [4.69, 9.17) is 28.4 Å². The Bertz CT molecular complexity index is 2260. The van der Waals surface area contributed by atoms with Gasteiger partial charge in [0.15, 0.2) is 23.2 Å². The van der Waals surface area contributed by atoms with Gasteiger partial charge >= 0.3 is 5.97 Å². The molecule has 7 rings (SSSR count). The largest absolute Gasteiger partial charge is 0.506 e. The normalized spacial score (nSPS) is 29.1. The number of ether oxygens (including phenoxy) is 6. The van der Waals surface area contributed by atoms with Gasteiger partial charge in [0.05, 0.1) is 36.1 Å². The van der Waals surface area contributed by atoms with Crippen molar-refractivity contribution in [1.82, 2.24) is 10.3 Å². The predicted octanol–water partition coefficient (Wildman–Crippen LogP) is 1.02. The number of aryl methyl sites for hydroxylation is 1. The van der Waals surface area contributed by atoms with Crippen LogP contribution >= 0.6 is 0 Å². The summed E-state index contributed by atoms with van der Waals surface area (Å²) in [6.07, 6.45) is -3.46. The molecule has 0 amide bonds. The van der Waals surface area contributed by atoms with Gasteiger partial charge in [-0.15, -0.1) is 0 Å². The van der Waals surface area contributed by atoms with E-state index in [1.807, 2.05) is 0 Å². The van der Waals surface area contributed by atoms with Crippen molar-refractivity contribution < 1.29 is 72.8 Å². The fourth-order valence-electron chi connectivity index (χ4n) is 8.61. The van der Waals surface area contributed by atoms with Crippen LogP contribution in [0.5, 0.6) is 11.5 Å². The van der Waals surface area contributed by atoms with Crippen LogP contribution in [0.25, 0.3) is 0 Å². The van der Waals surface area contributed by atoms with Crippen molar-refractivity contribution in [3.05, 3.63) is 98.5 Å². The number of aliphatic hydroxyl groups excluding tert-OH is 2. The summed E-state index contributed by atoms with van der Waals surface area (Å²) in [4.78, 5) is 75.2. The van der Waals surface area contributed by atoms with Gasteiger partial charge in [-0.25, -0.2) is 4.79 Å². The molecular weight excluding hydrogens is 748 g/mol. The van der Waals surface area contributed by atoms with Crippen molar-refractivity contribution in [3.8, 4) is 11.5 Å². The van der Waals surface area contributed by atoms with Crippen LogP contribution in [0.3, 0.4) is 0 Å². The number of aliphatic hydroxyl groups is 3. The Morgan fingerprint density at radius 3 is 2.37 bits per heavy atom. The quantitative estimate of drug-likeness (QED) is 0.190. The molecule has 0 spiro atoms. The van der Waals surface area contributed by atoms with Crippen LogP contribution in [-0.2, 0) is 42.3 Å². The summed E-state index contributed by atoms with van der Waals surface area (Å²) in [7, 11) is 4.77. The molecule has 0 radical (unpaired) electrons. The highest BCUT2D eigenvalue weighted by Gasteiger charge is 2.73. The molecule has 0 saturated carbocycles. The van der Waals surface area contributed by atoms with E-state index in [1.54, 1.807) is 26.0 Å². The zero-order chi connectivity index (χ0) is 41.3. The number of aromatic nitrogens is 1. The molecule has 5 N–H and O–H groups in total. The fourth-order valence-corrected chi connectivity index (χ4v) is 8.61. The highest BCUT2D eigenvalue weighted by Crippen LogP contribution is 2.57. The molecule has 0 unspecified atom stereocenters. The van der Waals surface area contributed by atoms with Crippen LogP contribution < -0.4 is 10.1 Å². The minimum Gasteiger partial charge on any atom is -0.506 e.